The van der Waals surface area contributed by atoms with Crippen LogP contribution in [0.15, 0.2) is 91.3 Å². The van der Waals surface area contributed by atoms with Crippen LogP contribution in [0.5, 0.6) is 17.2 Å². The Hall–Kier alpha value is -5.11. The van der Waals surface area contributed by atoms with E-state index in [1.54, 1.807) is 6.07 Å². The normalized spacial score (nSPS) is 15.1. The number of unbranched alkanes of at least 4 members (excludes halogenated alkanes) is 1. The first-order valence-corrected chi connectivity index (χ1v) is 21.7. The third kappa shape index (κ3) is 11.3. The number of carbonyl (C=O) groups excluding carboxylic acids is 1. The summed E-state index contributed by atoms with van der Waals surface area (Å²) in [4.78, 5) is 15.6. The number of piperidine rings is 1. The molecule has 0 radical (unpaired) electrons. The van der Waals surface area contributed by atoms with Gasteiger partial charge >= 0.3 is 6.18 Å². The molecule has 1 saturated heterocycles. The van der Waals surface area contributed by atoms with E-state index in [0.29, 0.717) is 49.8 Å². The zero-order valence-corrected chi connectivity index (χ0v) is 35.8. The van der Waals surface area contributed by atoms with Gasteiger partial charge in [-0.1, -0.05) is 61.8 Å². The molecule has 0 aliphatic carbocycles. The van der Waals surface area contributed by atoms with Crippen LogP contribution in [0.2, 0.25) is 5.02 Å². The summed E-state index contributed by atoms with van der Waals surface area (Å²) in [6.45, 7) is 6.59. The summed E-state index contributed by atoms with van der Waals surface area (Å²) < 4.78 is 74.2. The van der Waals surface area contributed by atoms with Crippen molar-refractivity contribution in [2.45, 2.75) is 96.4 Å². The van der Waals surface area contributed by atoms with E-state index in [9.17, 15) is 27.5 Å². The maximum Gasteiger partial charge on any atom is 0.419 e. The van der Waals surface area contributed by atoms with Gasteiger partial charge in [0, 0.05) is 62.3 Å². The number of fused-ring (bicyclic) bond motifs is 1. The zero-order valence-electron chi connectivity index (χ0n) is 35.0. The Kier molecular flexibility index (Phi) is 14.5. The number of ether oxygens (including phenoxy) is 3. The molecule has 4 aromatic carbocycles. The molecule has 1 aromatic heterocycles. The number of aliphatic hydroxyl groups excluding tert-OH is 1. The van der Waals surface area contributed by atoms with Gasteiger partial charge in [0.25, 0.3) is 5.79 Å². The van der Waals surface area contributed by atoms with Crippen molar-refractivity contribution in [1.29, 1.82) is 0 Å². The summed E-state index contributed by atoms with van der Waals surface area (Å²) >= 11 is 6.11. The Bertz CT molecular complexity index is 2290. The Morgan fingerprint density at radius 3 is 2.35 bits per heavy atom. The minimum absolute atomic E-state index is 0.0487. The van der Waals surface area contributed by atoms with Crippen molar-refractivity contribution in [3.8, 4) is 17.2 Å². The lowest BCUT2D eigenvalue weighted by Crippen LogP contribution is -2.52. The van der Waals surface area contributed by atoms with E-state index >= 15 is 0 Å². The topological polar surface area (TPSA) is 98.1 Å². The Balaban J connectivity index is 0.857. The first-order valence-electron chi connectivity index (χ1n) is 21.3. The number of aliphatic hydroxyl groups is 1. The van der Waals surface area contributed by atoms with E-state index in [1.165, 1.54) is 11.6 Å². The molecule has 1 fully saturated rings. The van der Waals surface area contributed by atoms with Crippen LogP contribution in [-0.4, -0.2) is 57.7 Å². The summed E-state index contributed by atoms with van der Waals surface area (Å²) in [6.07, 6.45) is 4.61. The van der Waals surface area contributed by atoms with E-state index in [2.05, 4.69) is 42.6 Å². The maximum atomic E-state index is 13.8. The second-order valence-electron chi connectivity index (χ2n) is 16.5. The third-order valence-corrected chi connectivity index (χ3v) is 11.8. The highest BCUT2D eigenvalue weighted by molar-refractivity contribution is 6.30. The predicted octanol–water partition coefficient (Wildman–Crippen LogP) is 9.69. The molecule has 2 aliphatic heterocycles. The number of alkyl halides is 3. The second kappa shape index (κ2) is 19.9. The Morgan fingerprint density at radius 1 is 0.903 bits per heavy atom. The van der Waals surface area contributed by atoms with E-state index in [0.717, 1.165) is 84.5 Å². The number of nitrogens with one attached hydrogen (secondary N) is 1. The van der Waals surface area contributed by atoms with Crippen LogP contribution < -0.4 is 19.5 Å². The van der Waals surface area contributed by atoms with Crippen molar-refractivity contribution in [3.63, 3.8) is 0 Å². The molecule has 2 aliphatic rings. The molecule has 0 saturated carbocycles. The average Bonchev–Trinajstić information content (AvgIpc) is 3.85. The number of aryl methyl sites for hydroxylation is 4. The molecule has 1 spiro atoms. The fourth-order valence-corrected chi connectivity index (χ4v) is 8.33. The third-order valence-electron chi connectivity index (χ3n) is 11.5. The molecule has 2 N–H and O–H groups in total. The molecule has 3 heterocycles. The van der Waals surface area contributed by atoms with E-state index < -0.39 is 23.3 Å². The molecule has 330 valence electrons. The van der Waals surface area contributed by atoms with Crippen molar-refractivity contribution in [3.05, 3.63) is 141 Å². The number of likely N-dealkylation sites (tertiary alicyclic amines) is 1. The minimum Gasteiger partial charge on any atom is -0.489 e. The first kappa shape index (κ1) is 44.9. The lowest BCUT2D eigenvalue weighted by atomic mass is 9.86. The fourth-order valence-electron chi connectivity index (χ4n) is 8.20. The van der Waals surface area contributed by atoms with Crippen LogP contribution in [0.1, 0.15) is 84.4 Å². The van der Waals surface area contributed by atoms with E-state index in [1.807, 2.05) is 58.2 Å². The van der Waals surface area contributed by atoms with Crippen molar-refractivity contribution in [2.24, 2.45) is 5.92 Å². The maximum absolute atomic E-state index is 13.8. The van der Waals surface area contributed by atoms with Crippen LogP contribution in [-0.2, 0) is 49.9 Å². The highest BCUT2D eigenvalue weighted by atomic mass is 35.5. The fraction of sp³-hybridized carbons (Fsp3) is 0.417. The van der Waals surface area contributed by atoms with Crippen LogP contribution in [0, 0.1) is 11.7 Å². The van der Waals surface area contributed by atoms with Gasteiger partial charge in [-0.2, -0.15) is 18.3 Å². The van der Waals surface area contributed by atoms with Crippen LogP contribution in [0.25, 0.3) is 0 Å². The standard InChI is InChI=1S/C48H53ClF4N4O5/c1-32(2)45(37-11-13-39(49)14-12-37)46(59)56-22-18-47(19-23-56)61-43-17-10-33(27-44(43)62-47)5-3-4-21-57-30-36(28-55-57)7-6-34-9-16-42(38(25-34)29-54-20-24-58)60-31-35-8-15-41(50)40(26-35)48(51,52)53/h8-17,25-28,30,32,45,54,58H,3-7,18-24,29,31H2,1-2H3. The van der Waals surface area contributed by atoms with Crippen molar-refractivity contribution < 1.29 is 41.7 Å². The predicted molar refractivity (Wildman–Crippen MR) is 229 cm³/mol. The summed E-state index contributed by atoms with van der Waals surface area (Å²) in [5.74, 6) is -0.0767. The number of benzene rings is 4. The summed E-state index contributed by atoms with van der Waals surface area (Å²) in [5, 5.41) is 17.6. The first-order chi connectivity index (χ1) is 29.8. The molecule has 14 heteroatoms. The summed E-state index contributed by atoms with van der Waals surface area (Å²) in [6, 6.07) is 22.3. The zero-order chi connectivity index (χ0) is 43.9. The number of nitrogens with zero attached hydrogens (tertiary/aromatic N) is 3. The molecule has 1 amide bonds. The van der Waals surface area contributed by atoms with E-state index in [4.69, 9.17) is 25.8 Å². The largest absolute Gasteiger partial charge is 0.489 e. The molecule has 62 heavy (non-hydrogen) atoms. The van der Waals surface area contributed by atoms with Crippen molar-refractivity contribution in [2.75, 3.05) is 26.2 Å². The van der Waals surface area contributed by atoms with Gasteiger partial charge in [-0.25, -0.2) is 4.39 Å². The number of carbonyl (C=O) groups is 1. The van der Waals surface area contributed by atoms with Gasteiger partial charge in [-0.3, -0.25) is 9.48 Å². The van der Waals surface area contributed by atoms with Crippen molar-refractivity contribution in [1.82, 2.24) is 20.0 Å². The Labute approximate surface area is 364 Å². The Morgan fingerprint density at radius 2 is 1.61 bits per heavy atom. The van der Waals surface area contributed by atoms with Crippen LogP contribution in [0.3, 0.4) is 0 Å². The molecule has 0 bridgehead atoms. The highest BCUT2D eigenvalue weighted by Gasteiger charge is 2.46. The number of hydrogen-bond acceptors (Lipinski definition) is 7. The average molecular weight is 877 g/mol. The second-order valence-corrected chi connectivity index (χ2v) is 16.9. The highest BCUT2D eigenvalue weighted by Crippen LogP contribution is 2.45. The summed E-state index contributed by atoms with van der Waals surface area (Å²) in [7, 11) is 0. The minimum atomic E-state index is -4.80. The monoisotopic (exact) mass is 876 g/mol. The quantitative estimate of drug-likeness (QED) is 0.0669. The SMILES string of the molecule is CC(C)C(C(=O)N1CCC2(CC1)Oc1ccc(CCCCn3cc(CCc4ccc(OCc5ccc(F)c(C(F)(F)F)c5)c(CNCCO)c4)cn3)cc1O2)c1ccc(Cl)cc1. The number of halogens is 5. The number of aromatic nitrogens is 2. The van der Waals surface area contributed by atoms with Gasteiger partial charge < -0.3 is 29.5 Å². The van der Waals surface area contributed by atoms with Gasteiger partial charge in [0.05, 0.1) is 24.3 Å². The molecule has 7 rings (SSSR count). The molecule has 5 aromatic rings. The van der Waals surface area contributed by atoms with Crippen molar-refractivity contribution >= 4 is 17.5 Å². The van der Waals surface area contributed by atoms with Gasteiger partial charge in [0.2, 0.25) is 5.91 Å². The molecule has 1 unspecified atom stereocenters. The lowest BCUT2D eigenvalue weighted by molar-refractivity contribution is -0.148. The summed E-state index contributed by atoms with van der Waals surface area (Å²) in [5.41, 5.74) is 3.97. The number of rotatable bonds is 18. The number of amides is 1. The lowest BCUT2D eigenvalue weighted by Gasteiger charge is -2.39. The molecule has 1 atom stereocenters. The van der Waals surface area contributed by atoms with Gasteiger partial charge in [-0.05, 0) is 108 Å². The van der Waals surface area contributed by atoms with E-state index in [-0.39, 0.29) is 36.5 Å². The molecule has 9 nitrogen and oxygen atoms in total. The number of hydrogen-bond donors (Lipinski definition) is 2. The van der Waals surface area contributed by atoms with Gasteiger partial charge in [-0.15, -0.1) is 0 Å². The van der Waals surface area contributed by atoms with Crippen LogP contribution >= 0.6 is 11.6 Å². The van der Waals surface area contributed by atoms with Crippen LogP contribution in [0.4, 0.5) is 17.6 Å². The molecular weight excluding hydrogens is 824 g/mol. The van der Waals surface area contributed by atoms with Gasteiger partial charge in [0.15, 0.2) is 11.5 Å². The van der Waals surface area contributed by atoms with Gasteiger partial charge in [0.1, 0.15) is 18.2 Å². The molecular formula is C48H53ClF4N4O5. The smallest absolute Gasteiger partial charge is 0.419 e.